The summed E-state index contributed by atoms with van der Waals surface area (Å²) in [7, 11) is 0. The predicted octanol–water partition coefficient (Wildman–Crippen LogP) is 2.97. The van der Waals surface area contributed by atoms with Crippen molar-refractivity contribution in [2.75, 3.05) is 26.2 Å². The van der Waals surface area contributed by atoms with Crippen LogP contribution in [-0.4, -0.2) is 42.4 Å². The smallest absolute Gasteiger partial charge is 0.256 e. The Morgan fingerprint density at radius 2 is 1.83 bits per heavy atom. The zero-order valence-electron chi connectivity index (χ0n) is 11.6. The van der Waals surface area contributed by atoms with Gasteiger partial charge in [0.1, 0.15) is 6.61 Å². The number of likely N-dealkylation sites (N-methyl/N-ethyl adjacent to an activating group) is 1. The first-order valence-electron chi connectivity index (χ1n) is 6.91. The van der Waals surface area contributed by atoms with Crippen LogP contribution in [-0.2, 0) is 4.74 Å². The molecule has 18 heavy (non-hydrogen) atoms. The van der Waals surface area contributed by atoms with E-state index in [0.717, 1.165) is 19.6 Å². The monoisotopic (exact) mass is 294 g/mol. The van der Waals surface area contributed by atoms with Gasteiger partial charge in [-0.05, 0) is 38.1 Å². The lowest BCUT2D eigenvalue weighted by Gasteiger charge is -2.24. The second-order valence-corrected chi connectivity index (χ2v) is 5.01. The minimum Gasteiger partial charge on any atom is -0.470 e. The van der Waals surface area contributed by atoms with Crippen molar-refractivity contribution >= 4 is 29.8 Å². The molecule has 108 valence electrons. The van der Waals surface area contributed by atoms with Gasteiger partial charge in [0.15, 0.2) is 0 Å². The van der Waals surface area contributed by atoms with Crippen molar-refractivity contribution in [3.63, 3.8) is 0 Å². The highest BCUT2D eigenvalue weighted by Crippen LogP contribution is 2.17. The van der Waals surface area contributed by atoms with E-state index in [1.165, 1.54) is 32.1 Å². The number of ether oxygens (including phenoxy) is 1. The van der Waals surface area contributed by atoms with Gasteiger partial charge in [-0.1, -0.05) is 33.1 Å². The Balaban J connectivity index is 0.00000289. The maximum atomic E-state index is 5.56. The van der Waals surface area contributed by atoms with Crippen LogP contribution in [0.25, 0.3) is 0 Å². The molecule has 1 rings (SSSR count). The third-order valence-corrected chi connectivity index (χ3v) is 3.70. The molecule has 1 aliphatic carbocycles. The van der Waals surface area contributed by atoms with Crippen LogP contribution in [0.3, 0.4) is 0 Å². The van der Waals surface area contributed by atoms with E-state index in [1.54, 1.807) is 0 Å². The number of rotatable bonds is 6. The highest BCUT2D eigenvalue weighted by molar-refractivity contribution is 7.80. The zero-order valence-corrected chi connectivity index (χ0v) is 13.2. The molecule has 1 N–H and O–H groups in total. The molecule has 0 atom stereocenters. The summed E-state index contributed by atoms with van der Waals surface area (Å²) in [5.41, 5.74) is 0. The highest BCUT2D eigenvalue weighted by atomic mass is 35.5. The van der Waals surface area contributed by atoms with Gasteiger partial charge in [-0.3, -0.25) is 0 Å². The number of thiocarbonyl (C=S) groups is 1. The van der Waals surface area contributed by atoms with Crippen molar-refractivity contribution in [1.29, 1.82) is 0 Å². The summed E-state index contributed by atoms with van der Waals surface area (Å²) in [5, 5.41) is 3.91. The standard InChI is InChI=1S/C13H26N2OS.ClH/c1-3-15(4-2)10-11-16-13(17)14-12-8-6-5-7-9-12;/h12H,3-11H2,1-2H3,(H,14,17);1H. The van der Waals surface area contributed by atoms with Crippen LogP contribution in [0.2, 0.25) is 0 Å². The van der Waals surface area contributed by atoms with Crippen LogP contribution in [0, 0.1) is 0 Å². The Kier molecular flexibility index (Phi) is 10.8. The van der Waals surface area contributed by atoms with Crippen molar-refractivity contribution in [1.82, 2.24) is 10.2 Å². The maximum Gasteiger partial charge on any atom is 0.256 e. The van der Waals surface area contributed by atoms with Gasteiger partial charge < -0.3 is 15.0 Å². The van der Waals surface area contributed by atoms with E-state index in [4.69, 9.17) is 17.0 Å². The number of hydrogen-bond acceptors (Lipinski definition) is 3. The number of halogens is 1. The molecule has 1 fully saturated rings. The first-order valence-corrected chi connectivity index (χ1v) is 7.32. The Morgan fingerprint density at radius 1 is 1.22 bits per heavy atom. The van der Waals surface area contributed by atoms with E-state index in [2.05, 4.69) is 24.1 Å². The van der Waals surface area contributed by atoms with Crippen LogP contribution in [0.5, 0.6) is 0 Å². The molecular weight excluding hydrogens is 268 g/mol. The molecule has 3 nitrogen and oxygen atoms in total. The summed E-state index contributed by atoms with van der Waals surface area (Å²) in [5.74, 6) is 0. The fourth-order valence-corrected chi connectivity index (χ4v) is 2.51. The molecule has 0 amide bonds. The fourth-order valence-electron chi connectivity index (χ4n) is 2.26. The molecule has 0 aromatic rings. The predicted molar refractivity (Wildman–Crippen MR) is 83.6 cm³/mol. The average molecular weight is 295 g/mol. The Bertz CT molecular complexity index is 219. The van der Waals surface area contributed by atoms with Gasteiger partial charge >= 0.3 is 0 Å². The first-order chi connectivity index (χ1) is 8.26. The second-order valence-electron chi connectivity index (χ2n) is 4.64. The SMILES string of the molecule is CCN(CC)CCOC(=S)NC1CCCCC1.Cl. The van der Waals surface area contributed by atoms with Gasteiger partial charge in [-0.25, -0.2) is 0 Å². The molecule has 1 saturated carbocycles. The first kappa shape index (κ1) is 17.9. The molecule has 0 aliphatic heterocycles. The third kappa shape index (κ3) is 7.39. The third-order valence-electron chi connectivity index (χ3n) is 3.46. The van der Waals surface area contributed by atoms with Crippen molar-refractivity contribution in [3.05, 3.63) is 0 Å². The largest absolute Gasteiger partial charge is 0.470 e. The van der Waals surface area contributed by atoms with Crippen LogP contribution in [0.15, 0.2) is 0 Å². The van der Waals surface area contributed by atoms with Crippen LogP contribution >= 0.6 is 24.6 Å². The lowest BCUT2D eigenvalue weighted by molar-refractivity contribution is 0.210. The quantitative estimate of drug-likeness (QED) is 0.761. The molecule has 0 heterocycles. The molecule has 5 heteroatoms. The topological polar surface area (TPSA) is 24.5 Å². The minimum absolute atomic E-state index is 0. The van der Waals surface area contributed by atoms with Crippen molar-refractivity contribution < 1.29 is 4.74 Å². The normalized spacial score (nSPS) is 16.2. The van der Waals surface area contributed by atoms with Gasteiger partial charge in [-0.15, -0.1) is 12.4 Å². The van der Waals surface area contributed by atoms with E-state index in [-0.39, 0.29) is 12.4 Å². The van der Waals surface area contributed by atoms with E-state index >= 15 is 0 Å². The maximum absolute atomic E-state index is 5.56. The molecule has 0 bridgehead atoms. The van der Waals surface area contributed by atoms with Gasteiger partial charge in [0, 0.05) is 12.6 Å². The van der Waals surface area contributed by atoms with Gasteiger partial charge in [0.25, 0.3) is 5.17 Å². The number of nitrogens with one attached hydrogen (secondary N) is 1. The van der Waals surface area contributed by atoms with E-state index in [1.807, 2.05) is 0 Å². The number of nitrogens with zero attached hydrogens (tertiary/aromatic N) is 1. The summed E-state index contributed by atoms with van der Waals surface area (Å²) < 4.78 is 5.56. The minimum atomic E-state index is 0. The van der Waals surface area contributed by atoms with E-state index in [0.29, 0.717) is 17.8 Å². The summed E-state index contributed by atoms with van der Waals surface area (Å²) in [6, 6.07) is 0.546. The van der Waals surface area contributed by atoms with Crippen LogP contribution in [0.4, 0.5) is 0 Å². The lowest BCUT2D eigenvalue weighted by Crippen LogP contribution is -2.37. The van der Waals surface area contributed by atoms with Crippen molar-refractivity contribution in [3.8, 4) is 0 Å². The van der Waals surface area contributed by atoms with Gasteiger partial charge in [0.2, 0.25) is 0 Å². The van der Waals surface area contributed by atoms with Crippen molar-refractivity contribution in [2.24, 2.45) is 0 Å². The summed E-state index contributed by atoms with van der Waals surface area (Å²) in [6.07, 6.45) is 6.48. The average Bonchev–Trinajstić information content (AvgIpc) is 2.36. The van der Waals surface area contributed by atoms with Gasteiger partial charge in [-0.2, -0.15) is 0 Å². The molecule has 0 spiro atoms. The second kappa shape index (κ2) is 10.8. The van der Waals surface area contributed by atoms with E-state index < -0.39 is 0 Å². The fraction of sp³-hybridized carbons (Fsp3) is 0.923. The zero-order chi connectivity index (χ0) is 12.5. The molecule has 1 aliphatic rings. The highest BCUT2D eigenvalue weighted by Gasteiger charge is 2.14. The molecule has 0 aromatic carbocycles. The molecule has 0 saturated heterocycles. The number of hydrogen-bond donors (Lipinski definition) is 1. The molecule has 0 unspecified atom stereocenters. The summed E-state index contributed by atoms with van der Waals surface area (Å²) >= 11 is 5.21. The van der Waals surface area contributed by atoms with Crippen molar-refractivity contribution in [2.45, 2.75) is 52.0 Å². The summed E-state index contributed by atoms with van der Waals surface area (Å²) in [6.45, 7) is 8.13. The van der Waals surface area contributed by atoms with Gasteiger partial charge in [0.05, 0.1) is 0 Å². The van der Waals surface area contributed by atoms with E-state index in [9.17, 15) is 0 Å². The van der Waals surface area contributed by atoms with Crippen LogP contribution < -0.4 is 5.32 Å². The molecular formula is C13H27ClN2OS. The summed E-state index contributed by atoms with van der Waals surface area (Å²) in [4.78, 5) is 2.34. The Labute approximate surface area is 123 Å². The molecule has 0 radical (unpaired) electrons. The Morgan fingerprint density at radius 3 is 2.39 bits per heavy atom. The Hall–Kier alpha value is -0.0600. The lowest BCUT2D eigenvalue weighted by atomic mass is 9.96. The van der Waals surface area contributed by atoms with Crippen LogP contribution in [0.1, 0.15) is 46.0 Å². The molecule has 0 aromatic heterocycles.